The van der Waals surface area contributed by atoms with Crippen molar-refractivity contribution in [3.05, 3.63) is 29.8 Å². The Bertz CT molecular complexity index is 439. The summed E-state index contributed by atoms with van der Waals surface area (Å²) in [6.45, 7) is 4.83. The zero-order chi connectivity index (χ0) is 14.4. The van der Waals surface area contributed by atoms with E-state index in [1.807, 2.05) is 43.1 Å². The second-order valence-corrected chi connectivity index (χ2v) is 5.62. The van der Waals surface area contributed by atoms with Gasteiger partial charge in [0.2, 0.25) is 0 Å². The average Bonchev–Trinajstić information content (AvgIpc) is 2.45. The predicted octanol–water partition coefficient (Wildman–Crippen LogP) is 2.85. The summed E-state index contributed by atoms with van der Waals surface area (Å²) < 4.78 is 0. The van der Waals surface area contributed by atoms with E-state index in [-0.39, 0.29) is 6.03 Å². The number of aryl methyl sites for hydroxylation is 1. The lowest BCUT2D eigenvalue weighted by Gasteiger charge is -2.32. The van der Waals surface area contributed by atoms with Gasteiger partial charge in [-0.2, -0.15) is 0 Å². The maximum atomic E-state index is 12.2. The molecule has 0 bridgehead atoms. The second kappa shape index (κ2) is 7.29. The van der Waals surface area contributed by atoms with Crippen LogP contribution in [0, 0.1) is 12.8 Å². The maximum Gasteiger partial charge on any atom is 0.321 e. The molecule has 1 aromatic carbocycles. The number of likely N-dealkylation sites (tertiary alicyclic amines) is 1. The fourth-order valence-electron chi connectivity index (χ4n) is 2.70. The third kappa shape index (κ3) is 4.23. The predicted molar refractivity (Wildman–Crippen MR) is 83.0 cm³/mol. The van der Waals surface area contributed by atoms with Crippen molar-refractivity contribution in [1.82, 2.24) is 10.2 Å². The van der Waals surface area contributed by atoms with Crippen LogP contribution in [0.25, 0.3) is 0 Å². The first kappa shape index (κ1) is 14.9. The normalized spacial score (nSPS) is 16.2. The molecule has 110 valence electrons. The number of carbonyl (C=O) groups is 1. The second-order valence-electron chi connectivity index (χ2n) is 5.62. The minimum atomic E-state index is 0.0302. The lowest BCUT2D eigenvalue weighted by atomic mass is 9.94. The molecule has 2 amide bonds. The van der Waals surface area contributed by atoms with Gasteiger partial charge in [0.1, 0.15) is 0 Å². The van der Waals surface area contributed by atoms with Crippen LogP contribution >= 0.6 is 0 Å². The number of benzene rings is 1. The fraction of sp³-hybridized carbons (Fsp3) is 0.562. The summed E-state index contributed by atoms with van der Waals surface area (Å²) in [6, 6.07) is 7.96. The van der Waals surface area contributed by atoms with E-state index >= 15 is 0 Å². The molecule has 0 aromatic heterocycles. The van der Waals surface area contributed by atoms with E-state index in [0.717, 1.165) is 49.6 Å². The molecule has 1 aliphatic heterocycles. The van der Waals surface area contributed by atoms with E-state index in [2.05, 4.69) is 10.6 Å². The van der Waals surface area contributed by atoms with E-state index in [4.69, 9.17) is 0 Å². The molecule has 1 aromatic rings. The van der Waals surface area contributed by atoms with Gasteiger partial charge in [0.05, 0.1) is 0 Å². The molecular weight excluding hydrogens is 250 g/mol. The highest BCUT2D eigenvalue weighted by Crippen LogP contribution is 2.21. The molecule has 0 atom stereocenters. The molecule has 4 nitrogen and oxygen atoms in total. The van der Waals surface area contributed by atoms with Crippen molar-refractivity contribution in [3.63, 3.8) is 0 Å². The molecule has 1 fully saturated rings. The van der Waals surface area contributed by atoms with Gasteiger partial charge in [0, 0.05) is 18.8 Å². The molecule has 1 aliphatic rings. The van der Waals surface area contributed by atoms with Gasteiger partial charge in [-0.3, -0.25) is 0 Å². The number of nitrogens with one attached hydrogen (secondary N) is 2. The number of hydrogen-bond acceptors (Lipinski definition) is 2. The molecule has 0 unspecified atom stereocenters. The van der Waals surface area contributed by atoms with E-state index in [9.17, 15) is 4.79 Å². The van der Waals surface area contributed by atoms with Gasteiger partial charge in [-0.1, -0.05) is 12.1 Å². The number of urea groups is 1. The number of anilines is 1. The molecular formula is C16H25N3O. The Morgan fingerprint density at radius 1 is 1.35 bits per heavy atom. The van der Waals surface area contributed by atoms with Gasteiger partial charge in [-0.05, 0) is 63.4 Å². The summed E-state index contributed by atoms with van der Waals surface area (Å²) in [5.41, 5.74) is 2.04. The summed E-state index contributed by atoms with van der Waals surface area (Å²) in [5.74, 6) is 0.755. The summed E-state index contributed by atoms with van der Waals surface area (Å²) in [5, 5.41) is 6.18. The van der Waals surface area contributed by atoms with Crippen LogP contribution in [-0.2, 0) is 0 Å². The Hall–Kier alpha value is -1.55. The van der Waals surface area contributed by atoms with Crippen molar-refractivity contribution in [2.45, 2.75) is 26.2 Å². The van der Waals surface area contributed by atoms with E-state index < -0.39 is 0 Å². The SMILES string of the molecule is CNCCC1CCN(C(=O)Nc2cccc(C)c2)CC1. The molecule has 1 saturated heterocycles. The first-order chi connectivity index (χ1) is 9.69. The zero-order valence-corrected chi connectivity index (χ0v) is 12.5. The highest BCUT2D eigenvalue weighted by molar-refractivity contribution is 5.89. The van der Waals surface area contributed by atoms with Crippen LogP contribution in [0.4, 0.5) is 10.5 Å². The Morgan fingerprint density at radius 3 is 2.75 bits per heavy atom. The van der Waals surface area contributed by atoms with Gasteiger partial charge in [0.15, 0.2) is 0 Å². The quantitative estimate of drug-likeness (QED) is 0.887. The highest BCUT2D eigenvalue weighted by Gasteiger charge is 2.22. The molecule has 1 heterocycles. The van der Waals surface area contributed by atoms with Crippen LogP contribution in [0.1, 0.15) is 24.8 Å². The minimum absolute atomic E-state index is 0.0302. The smallest absolute Gasteiger partial charge is 0.321 e. The van der Waals surface area contributed by atoms with Gasteiger partial charge in [-0.15, -0.1) is 0 Å². The number of nitrogens with zero attached hydrogens (tertiary/aromatic N) is 1. The Balaban J connectivity index is 1.80. The summed E-state index contributed by atoms with van der Waals surface area (Å²) in [7, 11) is 1.99. The fourth-order valence-corrected chi connectivity index (χ4v) is 2.70. The van der Waals surface area contributed by atoms with E-state index in [1.165, 1.54) is 6.42 Å². The first-order valence-electron chi connectivity index (χ1n) is 7.46. The van der Waals surface area contributed by atoms with Gasteiger partial charge in [-0.25, -0.2) is 4.79 Å². The minimum Gasteiger partial charge on any atom is -0.325 e. The third-order valence-corrected chi connectivity index (χ3v) is 3.97. The number of hydrogen-bond donors (Lipinski definition) is 2. The Labute approximate surface area is 121 Å². The maximum absolute atomic E-state index is 12.2. The molecule has 2 N–H and O–H groups in total. The lowest BCUT2D eigenvalue weighted by Crippen LogP contribution is -2.41. The van der Waals surface area contributed by atoms with Crippen molar-refractivity contribution < 1.29 is 4.79 Å². The molecule has 2 rings (SSSR count). The number of carbonyl (C=O) groups excluding carboxylic acids is 1. The van der Waals surface area contributed by atoms with Crippen molar-refractivity contribution in [3.8, 4) is 0 Å². The Kier molecular flexibility index (Phi) is 5.41. The summed E-state index contributed by atoms with van der Waals surface area (Å²) >= 11 is 0. The van der Waals surface area contributed by atoms with Crippen LogP contribution in [0.15, 0.2) is 24.3 Å². The first-order valence-corrected chi connectivity index (χ1v) is 7.46. The topological polar surface area (TPSA) is 44.4 Å². The van der Waals surface area contributed by atoms with Crippen LogP contribution in [-0.4, -0.2) is 37.6 Å². The van der Waals surface area contributed by atoms with Gasteiger partial charge in [0.25, 0.3) is 0 Å². The standard InChI is InChI=1S/C16H25N3O/c1-13-4-3-5-15(12-13)18-16(20)19-10-7-14(8-11-19)6-9-17-2/h3-5,12,14,17H,6-11H2,1-2H3,(H,18,20). The van der Waals surface area contributed by atoms with Crippen LogP contribution in [0.3, 0.4) is 0 Å². The lowest BCUT2D eigenvalue weighted by molar-refractivity contribution is 0.180. The molecule has 20 heavy (non-hydrogen) atoms. The molecule has 0 saturated carbocycles. The zero-order valence-electron chi connectivity index (χ0n) is 12.5. The highest BCUT2D eigenvalue weighted by atomic mass is 16.2. The van der Waals surface area contributed by atoms with Crippen LogP contribution in [0.5, 0.6) is 0 Å². The van der Waals surface area contributed by atoms with Gasteiger partial charge < -0.3 is 15.5 Å². The van der Waals surface area contributed by atoms with Crippen LogP contribution in [0.2, 0.25) is 0 Å². The monoisotopic (exact) mass is 275 g/mol. The molecule has 0 spiro atoms. The van der Waals surface area contributed by atoms with Crippen molar-refractivity contribution in [1.29, 1.82) is 0 Å². The summed E-state index contributed by atoms with van der Waals surface area (Å²) in [6.07, 6.45) is 3.44. The average molecular weight is 275 g/mol. The molecule has 0 radical (unpaired) electrons. The third-order valence-electron chi connectivity index (χ3n) is 3.97. The number of amides is 2. The van der Waals surface area contributed by atoms with E-state index in [0.29, 0.717) is 0 Å². The molecule has 4 heteroatoms. The van der Waals surface area contributed by atoms with Gasteiger partial charge >= 0.3 is 6.03 Å². The van der Waals surface area contributed by atoms with Crippen molar-refractivity contribution in [2.24, 2.45) is 5.92 Å². The molecule has 0 aliphatic carbocycles. The number of rotatable bonds is 4. The van der Waals surface area contributed by atoms with Crippen molar-refractivity contribution in [2.75, 3.05) is 32.0 Å². The largest absolute Gasteiger partial charge is 0.325 e. The number of piperidine rings is 1. The Morgan fingerprint density at radius 2 is 2.10 bits per heavy atom. The van der Waals surface area contributed by atoms with Crippen LogP contribution < -0.4 is 10.6 Å². The summed E-state index contributed by atoms with van der Waals surface area (Å²) in [4.78, 5) is 14.1. The van der Waals surface area contributed by atoms with Crippen molar-refractivity contribution >= 4 is 11.7 Å². The van der Waals surface area contributed by atoms with E-state index in [1.54, 1.807) is 0 Å².